The molecule has 1 atom stereocenters. The predicted molar refractivity (Wildman–Crippen MR) is 136 cm³/mol. The van der Waals surface area contributed by atoms with Gasteiger partial charge in [-0.15, -0.1) is 22.7 Å². The maximum atomic E-state index is 13.8. The fourth-order valence-corrected chi connectivity index (χ4v) is 5.80. The summed E-state index contributed by atoms with van der Waals surface area (Å²) in [5, 5.41) is 7.11. The van der Waals surface area contributed by atoms with E-state index in [1.165, 1.54) is 17.8 Å². The van der Waals surface area contributed by atoms with Crippen LogP contribution >= 0.6 is 22.7 Å². The molecule has 1 aromatic carbocycles. The maximum Gasteiger partial charge on any atom is 0.265 e. The van der Waals surface area contributed by atoms with E-state index in [0.717, 1.165) is 30.6 Å². The van der Waals surface area contributed by atoms with E-state index in [9.17, 15) is 9.59 Å². The molecule has 2 aromatic heterocycles. The Bertz CT molecular complexity index is 1080. The third-order valence-electron chi connectivity index (χ3n) is 6.13. The molecule has 1 aliphatic rings. The van der Waals surface area contributed by atoms with Gasteiger partial charge in [0.25, 0.3) is 5.91 Å². The Kier molecular flexibility index (Phi) is 8.24. The monoisotopic (exact) mass is 498 g/mol. The molecule has 6 nitrogen and oxygen atoms in total. The number of nitrogens with zero attached hydrogens (tertiary/aromatic N) is 1. The SMILES string of the molecule is COc1ccc(C(C(=O)NC2CCCCC2)N(Cc2cccs2)C(=O)c2cccs2)cc1OC. The summed E-state index contributed by atoms with van der Waals surface area (Å²) in [5.74, 6) is 0.768. The van der Waals surface area contributed by atoms with Crippen LogP contribution in [0, 0.1) is 0 Å². The zero-order valence-corrected chi connectivity index (χ0v) is 21.1. The molecule has 180 valence electrons. The van der Waals surface area contributed by atoms with Crippen LogP contribution in [0.1, 0.15) is 58.3 Å². The van der Waals surface area contributed by atoms with Gasteiger partial charge in [0.1, 0.15) is 6.04 Å². The highest BCUT2D eigenvalue weighted by atomic mass is 32.1. The van der Waals surface area contributed by atoms with Crippen LogP contribution in [0.5, 0.6) is 11.5 Å². The van der Waals surface area contributed by atoms with Gasteiger partial charge in [-0.2, -0.15) is 0 Å². The molecule has 0 aliphatic heterocycles. The lowest BCUT2D eigenvalue weighted by Gasteiger charge is -2.33. The number of methoxy groups -OCH3 is 2. The highest BCUT2D eigenvalue weighted by Gasteiger charge is 2.34. The summed E-state index contributed by atoms with van der Waals surface area (Å²) in [6.07, 6.45) is 5.35. The number of hydrogen-bond donors (Lipinski definition) is 1. The number of rotatable bonds is 9. The van der Waals surface area contributed by atoms with Crippen molar-refractivity contribution in [3.05, 3.63) is 68.5 Å². The van der Waals surface area contributed by atoms with Gasteiger partial charge in [0, 0.05) is 10.9 Å². The highest BCUT2D eigenvalue weighted by molar-refractivity contribution is 7.12. The predicted octanol–water partition coefficient (Wildman–Crippen LogP) is 5.66. The van der Waals surface area contributed by atoms with Gasteiger partial charge in [0.15, 0.2) is 11.5 Å². The van der Waals surface area contributed by atoms with E-state index in [1.807, 2.05) is 35.0 Å². The van der Waals surface area contributed by atoms with Gasteiger partial charge >= 0.3 is 0 Å². The summed E-state index contributed by atoms with van der Waals surface area (Å²) in [5.41, 5.74) is 0.687. The Labute approximate surface area is 208 Å². The number of ether oxygens (including phenoxy) is 2. The number of benzene rings is 1. The Balaban J connectivity index is 1.75. The van der Waals surface area contributed by atoms with Crippen molar-refractivity contribution in [3.8, 4) is 11.5 Å². The van der Waals surface area contributed by atoms with Crippen molar-refractivity contribution in [1.29, 1.82) is 0 Å². The first kappa shape index (κ1) is 24.3. The molecular formula is C26H30N2O4S2. The smallest absolute Gasteiger partial charge is 0.265 e. The lowest BCUT2D eigenvalue weighted by molar-refractivity contribution is -0.127. The Hall–Kier alpha value is -2.84. The van der Waals surface area contributed by atoms with Crippen molar-refractivity contribution in [1.82, 2.24) is 10.2 Å². The molecule has 8 heteroatoms. The summed E-state index contributed by atoms with van der Waals surface area (Å²) in [6.45, 7) is 0.339. The van der Waals surface area contributed by atoms with E-state index in [-0.39, 0.29) is 17.9 Å². The second kappa shape index (κ2) is 11.5. The van der Waals surface area contributed by atoms with Gasteiger partial charge in [-0.3, -0.25) is 9.59 Å². The first-order valence-electron chi connectivity index (χ1n) is 11.5. The highest BCUT2D eigenvalue weighted by Crippen LogP contribution is 2.34. The van der Waals surface area contributed by atoms with Crippen molar-refractivity contribution in [3.63, 3.8) is 0 Å². The fourth-order valence-electron chi connectivity index (χ4n) is 4.42. The number of nitrogens with one attached hydrogen (secondary N) is 1. The van der Waals surface area contributed by atoms with Crippen molar-refractivity contribution in [2.45, 2.75) is 50.7 Å². The van der Waals surface area contributed by atoms with E-state index >= 15 is 0 Å². The summed E-state index contributed by atoms with van der Waals surface area (Å²) in [4.78, 5) is 30.9. The molecule has 3 aromatic rings. The average Bonchev–Trinajstić information content (AvgIpc) is 3.58. The minimum Gasteiger partial charge on any atom is -0.493 e. The Morgan fingerprint density at radius 3 is 2.38 bits per heavy atom. The Morgan fingerprint density at radius 2 is 1.74 bits per heavy atom. The largest absolute Gasteiger partial charge is 0.493 e. The molecule has 0 bridgehead atoms. The lowest BCUT2D eigenvalue weighted by atomic mass is 9.94. The zero-order chi connectivity index (χ0) is 23.9. The molecule has 1 fully saturated rings. The number of hydrogen-bond acceptors (Lipinski definition) is 6. The average molecular weight is 499 g/mol. The van der Waals surface area contributed by atoms with E-state index in [2.05, 4.69) is 5.32 Å². The number of thiophene rings is 2. The van der Waals surface area contributed by atoms with Gasteiger partial charge in [-0.1, -0.05) is 37.5 Å². The normalized spacial score (nSPS) is 14.9. The molecule has 1 saturated carbocycles. The lowest BCUT2D eigenvalue weighted by Crippen LogP contribution is -2.46. The van der Waals surface area contributed by atoms with Crippen molar-refractivity contribution < 1.29 is 19.1 Å². The molecule has 2 amide bonds. The summed E-state index contributed by atoms with van der Waals surface area (Å²) in [6, 6.07) is 12.4. The second-order valence-corrected chi connectivity index (χ2v) is 10.3. The van der Waals surface area contributed by atoms with Gasteiger partial charge < -0.3 is 19.7 Å². The van der Waals surface area contributed by atoms with Crippen molar-refractivity contribution in [2.75, 3.05) is 14.2 Å². The fraction of sp³-hybridized carbons (Fsp3) is 0.385. The van der Waals surface area contributed by atoms with Gasteiger partial charge in [0.05, 0.1) is 25.6 Å². The number of amides is 2. The molecule has 34 heavy (non-hydrogen) atoms. The molecule has 0 spiro atoms. The van der Waals surface area contributed by atoms with Crippen LogP contribution in [-0.4, -0.2) is 37.0 Å². The molecule has 1 aliphatic carbocycles. The van der Waals surface area contributed by atoms with Crippen LogP contribution in [0.15, 0.2) is 53.2 Å². The molecule has 2 heterocycles. The summed E-state index contributed by atoms with van der Waals surface area (Å²) in [7, 11) is 3.15. The molecule has 4 rings (SSSR count). The molecular weight excluding hydrogens is 468 g/mol. The second-order valence-electron chi connectivity index (χ2n) is 8.35. The van der Waals surface area contributed by atoms with E-state index in [1.54, 1.807) is 48.7 Å². The Morgan fingerprint density at radius 1 is 1.00 bits per heavy atom. The first-order chi connectivity index (χ1) is 16.6. The first-order valence-corrected chi connectivity index (χ1v) is 13.3. The van der Waals surface area contributed by atoms with Crippen LogP contribution in [-0.2, 0) is 11.3 Å². The molecule has 0 radical (unpaired) electrons. The van der Waals surface area contributed by atoms with Crippen LogP contribution < -0.4 is 14.8 Å². The third-order valence-corrected chi connectivity index (χ3v) is 7.85. The van der Waals surface area contributed by atoms with Crippen LogP contribution in [0.3, 0.4) is 0 Å². The summed E-state index contributed by atoms with van der Waals surface area (Å²) < 4.78 is 10.9. The molecule has 0 saturated heterocycles. The standard InChI is InChI=1S/C26H30N2O4S2/c1-31-21-13-12-18(16-22(21)32-2)24(25(29)27-19-8-4-3-5-9-19)28(17-20-10-6-14-33-20)26(30)23-11-7-15-34-23/h6-7,10-16,19,24H,3-5,8-9,17H2,1-2H3,(H,27,29). The zero-order valence-electron chi connectivity index (χ0n) is 19.5. The quantitative estimate of drug-likeness (QED) is 0.413. The van der Waals surface area contributed by atoms with E-state index in [4.69, 9.17) is 9.47 Å². The van der Waals surface area contributed by atoms with Crippen molar-refractivity contribution in [2.24, 2.45) is 0 Å². The topological polar surface area (TPSA) is 67.9 Å². The van der Waals surface area contributed by atoms with E-state index < -0.39 is 6.04 Å². The van der Waals surface area contributed by atoms with Crippen LogP contribution in [0.2, 0.25) is 0 Å². The molecule has 1 unspecified atom stereocenters. The van der Waals surface area contributed by atoms with E-state index in [0.29, 0.717) is 28.5 Å². The minimum atomic E-state index is -0.807. The van der Waals surface area contributed by atoms with Gasteiger partial charge in [-0.25, -0.2) is 0 Å². The number of carbonyl (C=O) groups excluding carboxylic acids is 2. The minimum absolute atomic E-state index is 0.129. The number of carbonyl (C=O) groups is 2. The van der Waals surface area contributed by atoms with Crippen LogP contribution in [0.25, 0.3) is 0 Å². The van der Waals surface area contributed by atoms with Gasteiger partial charge in [0.2, 0.25) is 5.91 Å². The third kappa shape index (κ3) is 5.62. The molecule has 1 N–H and O–H groups in total. The van der Waals surface area contributed by atoms with Gasteiger partial charge in [-0.05, 0) is 53.4 Å². The summed E-state index contributed by atoms with van der Waals surface area (Å²) >= 11 is 2.95. The van der Waals surface area contributed by atoms with Crippen LogP contribution in [0.4, 0.5) is 0 Å². The maximum absolute atomic E-state index is 13.8. The van der Waals surface area contributed by atoms with Crippen molar-refractivity contribution >= 4 is 34.5 Å².